The summed E-state index contributed by atoms with van der Waals surface area (Å²) in [5.41, 5.74) is -0.625. The molecule has 2 aromatic rings. The van der Waals surface area contributed by atoms with Crippen LogP contribution in [0.1, 0.15) is 51.7 Å². The number of hydrogen-bond donors (Lipinski definition) is 1. The van der Waals surface area contributed by atoms with Gasteiger partial charge < -0.3 is 10.0 Å². The minimum atomic E-state index is -1.27. The maximum absolute atomic E-state index is 14.8. The zero-order valence-electron chi connectivity index (χ0n) is 21.5. The van der Waals surface area contributed by atoms with Crippen molar-refractivity contribution in [3.8, 4) is 0 Å². The Bertz CT molecular complexity index is 1090. The number of piperidine rings is 1. The number of halogens is 4. The van der Waals surface area contributed by atoms with Gasteiger partial charge in [0.15, 0.2) is 0 Å². The predicted octanol–water partition coefficient (Wildman–Crippen LogP) is 5.34. The number of likely N-dealkylation sites (tertiary alicyclic amines) is 2. The summed E-state index contributed by atoms with van der Waals surface area (Å²) in [6.07, 6.45) is 0. The SMILES string of the molecule is C[C@@H]1CN(C(=O)[C@@H]2CN(C(C)(C)C)C[C@H]2c2ccc(F)cc2F)C[C@H](C)C1(O)c1cccc(F)c1.Cl. The number of hydrogen-bond acceptors (Lipinski definition) is 3. The Morgan fingerprint density at radius 1 is 0.944 bits per heavy atom. The number of amides is 1. The highest BCUT2D eigenvalue weighted by molar-refractivity contribution is 5.85. The summed E-state index contributed by atoms with van der Waals surface area (Å²) in [6.45, 7) is 11.5. The number of aliphatic hydroxyl groups is 1. The summed E-state index contributed by atoms with van der Waals surface area (Å²) >= 11 is 0. The topological polar surface area (TPSA) is 43.8 Å². The maximum Gasteiger partial charge on any atom is 0.227 e. The minimum Gasteiger partial charge on any atom is -0.384 e. The van der Waals surface area contributed by atoms with Crippen molar-refractivity contribution in [2.75, 3.05) is 26.2 Å². The molecule has 0 spiro atoms. The van der Waals surface area contributed by atoms with Gasteiger partial charge in [-0.2, -0.15) is 0 Å². The minimum absolute atomic E-state index is 0. The van der Waals surface area contributed by atoms with E-state index in [1.165, 1.54) is 24.3 Å². The third kappa shape index (κ3) is 5.15. The highest BCUT2D eigenvalue weighted by Gasteiger charge is 2.50. The van der Waals surface area contributed by atoms with E-state index >= 15 is 0 Å². The molecule has 4 rings (SSSR count). The number of rotatable bonds is 3. The lowest BCUT2D eigenvalue weighted by Gasteiger charge is -2.48. The molecule has 36 heavy (non-hydrogen) atoms. The summed E-state index contributed by atoms with van der Waals surface area (Å²) in [4.78, 5) is 17.8. The largest absolute Gasteiger partial charge is 0.384 e. The van der Waals surface area contributed by atoms with Gasteiger partial charge in [-0.05, 0) is 50.1 Å². The fourth-order valence-electron chi connectivity index (χ4n) is 5.94. The molecule has 4 nitrogen and oxygen atoms in total. The Kier molecular flexibility index (Phi) is 8.19. The van der Waals surface area contributed by atoms with Crippen molar-refractivity contribution in [1.82, 2.24) is 9.80 Å². The van der Waals surface area contributed by atoms with Crippen LogP contribution in [0.15, 0.2) is 42.5 Å². The Hall–Kier alpha value is -2.09. The standard InChI is InChI=1S/C28H35F3N2O2.ClH/c1-17-13-32(14-18(2)28(17,35)19-7-6-8-20(29)11-19)26(34)24-16-33(27(3,4)5)15-23(24)22-10-9-21(30)12-25(22)31;/h6-12,17-18,23-24,35H,13-16H2,1-5H3;1H/t17-,18+,23-,24+,28?;/m0./s1. The molecule has 0 bridgehead atoms. The van der Waals surface area contributed by atoms with Crippen LogP contribution in [0, 0.1) is 35.2 Å². The number of carbonyl (C=O) groups excluding carboxylic acids is 1. The molecule has 1 amide bonds. The average molecular weight is 525 g/mol. The first-order valence-corrected chi connectivity index (χ1v) is 12.3. The summed E-state index contributed by atoms with van der Waals surface area (Å²) in [5, 5.41) is 11.6. The normalized spacial score (nSPS) is 29.2. The predicted molar refractivity (Wildman–Crippen MR) is 136 cm³/mol. The molecule has 2 saturated heterocycles. The molecule has 2 heterocycles. The van der Waals surface area contributed by atoms with Crippen LogP contribution in [0.2, 0.25) is 0 Å². The molecule has 0 aliphatic carbocycles. The second kappa shape index (κ2) is 10.3. The molecule has 1 unspecified atom stereocenters. The van der Waals surface area contributed by atoms with Gasteiger partial charge in [-0.25, -0.2) is 13.2 Å². The van der Waals surface area contributed by atoms with Crippen molar-refractivity contribution >= 4 is 18.3 Å². The van der Waals surface area contributed by atoms with E-state index in [2.05, 4.69) is 25.7 Å². The lowest BCUT2D eigenvalue weighted by atomic mass is 9.70. The molecule has 2 aromatic carbocycles. The summed E-state index contributed by atoms with van der Waals surface area (Å²) < 4.78 is 42.3. The van der Waals surface area contributed by atoms with Crippen molar-refractivity contribution in [3.63, 3.8) is 0 Å². The van der Waals surface area contributed by atoms with E-state index in [9.17, 15) is 23.1 Å². The van der Waals surface area contributed by atoms with Gasteiger partial charge in [0.2, 0.25) is 5.91 Å². The third-order valence-corrected chi connectivity index (χ3v) is 8.04. The van der Waals surface area contributed by atoms with Crippen LogP contribution in [-0.2, 0) is 10.4 Å². The van der Waals surface area contributed by atoms with Gasteiger partial charge in [-0.3, -0.25) is 9.69 Å². The van der Waals surface area contributed by atoms with E-state index in [0.717, 1.165) is 6.07 Å². The molecule has 2 aliphatic heterocycles. The van der Waals surface area contributed by atoms with Crippen LogP contribution in [0.25, 0.3) is 0 Å². The zero-order chi connectivity index (χ0) is 25.7. The summed E-state index contributed by atoms with van der Waals surface area (Å²) in [7, 11) is 0. The lowest BCUT2D eigenvalue weighted by molar-refractivity contribution is -0.152. The van der Waals surface area contributed by atoms with Gasteiger partial charge in [0.05, 0.1) is 11.5 Å². The second-order valence-corrected chi connectivity index (χ2v) is 11.3. The molecule has 2 fully saturated rings. The molecule has 0 saturated carbocycles. The quantitative estimate of drug-likeness (QED) is 0.589. The average Bonchev–Trinajstić information content (AvgIpc) is 3.22. The second-order valence-electron chi connectivity index (χ2n) is 11.3. The van der Waals surface area contributed by atoms with Gasteiger partial charge in [-0.15, -0.1) is 12.4 Å². The highest BCUT2D eigenvalue weighted by Crippen LogP contribution is 2.44. The van der Waals surface area contributed by atoms with E-state index < -0.39 is 34.9 Å². The Morgan fingerprint density at radius 2 is 1.56 bits per heavy atom. The van der Waals surface area contributed by atoms with E-state index in [1.807, 2.05) is 13.8 Å². The van der Waals surface area contributed by atoms with E-state index in [1.54, 1.807) is 17.0 Å². The van der Waals surface area contributed by atoms with Gasteiger partial charge in [-0.1, -0.05) is 32.0 Å². The zero-order valence-corrected chi connectivity index (χ0v) is 22.3. The van der Waals surface area contributed by atoms with Crippen LogP contribution in [0.5, 0.6) is 0 Å². The summed E-state index contributed by atoms with van der Waals surface area (Å²) in [5.74, 6) is -3.35. The van der Waals surface area contributed by atoms with E-state index in [0.29, 0.717) is 37.3 Å². The molecule has 8 heteroatoms. The third-order valence-electron chi connectivity index (χ3n) is 8.04. The van der Waals surface area contributed by atoms with Crippen molar-refractivity contribution in [2.24, 2.45) is 17.8 Å². The van der Waals surface area contributed by atoms with Crippen molar-refractivity contribution < 1.29 is 23.1 Å². The van der Waals surface area contributed by atoms with E-state index in [-0.39, 0.29) is 35.7 Å². The van der Waals surface area contributed by atoms with Crippen molar-refractivity contribution in [2.45, 2.75) is 51.7 Å². The lowest BCUT2D eigenvalue weighted by Crippen LogP contribution is -2.57. The van der Waals surface area contributed by atoms with Gasteiger partial charge in [0.25, 0.3) is 0 Å². The molecule has 198 valence electrons. The molecule has 0 aromatic heterocycles. The molecule has 2 aliphatic rings. The van der Waals surface area contributed by atoms with Crippen LogP contribution >= 0.6 is 12.4 Å². The van der Waals surface area contributed by atoms with Gasteiger partial charge in [0.1, 0.15) is 17.5 Å². The van der Waals surface area contributed by atoms with Crippen molar-refractivity contribution in [1.29, 1.82) is 0 Å². The Labute approximate surface area is 217 Å². The van der Waals surface area contributed by atoms with E-state index in [4.69, 9.17) is 0 Å². The highest BCUT2D eigenvalue weighted by atomic mass is 35.5. The molecule has 1 N–H and O–H groups in total. The number of carbonyl (C=O) groups is 1. The van der Waals surface area contributed by atoms with Crippen LogP contribution in [-0.4, -0.2) is 52.5 Å². The van der Waals surface area contributed by atoms with Crippen LogP contribution < -0.4 is 0 Å². The fourth-order valence-corrected chi connectivity index (χ4v) is 5.94. The first kappa shape index (κ1) is 28.5. The molecular weight excluding hydrogens is 489 g/mol. The number of benzene rings is 2. The molecule has 0 radical (unpaired) electrons. The van der Waals surface area contributed by atoms with Crippen LogP contribution in [0.3, 0.4) is 0 Å². The first-order chi connectivity index (χ1) is 16.3. The monoisotopic (exact) mass is 524 g/mol. The Morgan fingerprint density at radius 3 is 2.11 bits per heavy atom. The number of nitrogens with zero attached hydrogens (tertiary/aromatic N) is 2. The smallest absolute Gasteiger partial charge is 0.227 e. The van der Waals surface area contributed by atoms with Crippen molar-refractivity contribution in [3.05, 3.63) is 71.0 Å². The first-order valence-electron chi connectivity index (χ1n) is 12.3. The molecule has 5 atom stereocenters. The van der Waals surface area contributed by atoms with Gasteiger partial charge >= 0.3 is 0 Å². The Balaban J connectivity index is 0.00000361. The maximum atomic E-state index is 14.8. The summed E-state index contributed by atoms with van der Waals surface area (Å²) in [6, 6.07) is 9.57. The fraction of sp³-hybridized carbons (Fsp3) is 0.536. The van der Waals surface area contributed by atoms with Crippen LogP contribution in [0.4, 0.5) is 13.2 Å². The van der Waals surface area contributed by atoms with Gasteiger partial charge in [0, 0.05) is 55.5 Å². The molecular formula is C28H36ClF3N2O2.